The van der Waals surface area contributed by atoms with Gasteiger partial charge in [0.05, 0.1) is 18.0 Å². The summed E-state index contributed by atoms with van der Waals surface area (Å²) in [5, 5.41) is 0. The highest BCUT2D eigenvalue weighted by Crippen LogP contribution is 2.35. The number of anilines is 1. The first-order valence-corrected chi connectivity index (χ1v) is 8.75. The van der Waals surface area contributed by atoms with Gasteiger partial charge in [-0.3, -0.25) is 9.29 Å². The highest BCUT2D eigenvalue weighted by Gasteiger charge is 2.33. The van der Waals surface area contributed by atoms with E-state index in [1.54, 1.807) is 26.1 Å². The van der Waals surface area contributed by atoms with Crippen LogP contribution in [-0.2, 0) is 16.4 Å². The lowest BCUT2D eigenvalue weighted by Gasteiger charge is -2.22. The lowest BCUT2D eigenvalue weighted by molar-refractivity contribution is 0.235. The molecule has 122 valence electrons. The fourth-order valence-electron chi connectivity index (χ4n) is 2.60. The lowest BCUT2D eigenvalue weighted by Crippen LogP contribution is -2.30. The second kappa shape index (κ2) is 5.81. The topological polar surface area (TPSA) is 59.5 Å². The molecule has 0 aliphatic carbocycles. The van der Waals surface area contributed by atoms with E-state index in [0.717, 1.165) is 11.6 Å². The Morgan fingerprint density at radius 3 is 2.83 bits per heavy atom. The van der Waals surface area contributed by atoms with Crippen LogP contribution < -0.4 is 9.04 Å². The van der Waals surface area contributed by atoms with E-state index < -0.39 is 15.8 Å². The van der Waals surface area contributed by atoms with Crippen molar-refractivity contribution in [2.75, 3.05) is 10.8 Å². The molecule has 1 aromatic heterocycles. The summed E-state index contributed by atoms with van der Waals surface area (Å²) in [5.74, 6) is -0.468. The van der Waals surface area contributed by atoms with Gasteiger partial charge in [-0.05, 0) is 50.1 Å². The number of halogens is 1. The average Bonchev–Trinajstić information content (AvgIpc) is 2.93. The number of pyridine rings is 1. The largest absolute Gasteiger partial charge is 0.490 e. The molecule has 0 unspecified atom stereocenters. The number of hydrogen-bond donors (Lipinski definition) is 0. The Hall–Kier alpha value is -2.15. The summed E-state index contributed by atoms with van der Waals surface area (Å²) in [6, 6.07) is 5.34. The monoisotopic (exact) mass is 336 g/mol. The molecule has 3 rings (SSSR count). The van der Waals surface area contributed by atoms with Crippen LogP contribution >= 0.6 is 0 Å². The summed E-state index contributed by atoms with van der Waals surface area (Å²) in [4.78, 5) is 3.83. The van der Waals surface area contributed by atoms with Crippen molar-refractivity contribution in [1.82, 2.24) is 4.98 Å². The number of aromatic nitrogens is 1. The second-order valence-electron chi connectivity index (χ2n) is 5.59. The predicted molar refractivity (Wildman–Crippen MR) is 84.6 cm³/mol. The molecule has 1 aliphatic heterocycles. The number of hydrogen-bond acceptors (Lipinski definition) is 4. The molecular weight excluding hydrogens is 319 g/mol. The van der Waals surface area contributed by atoms with Gasteiger partial charge in [-0.1, -0.05) is 0 Å². The summed E-state index contributed by atoms with van der Waals surface area (Å²) in [7, 11) is -3.92. The number of fused-ring (bicyclic) bond motifs is 1. The molecule has 0 amide bonds. The van der Waals surface area contributed by atoms with Gasteiger partial charge >= 0.3 is 0 Å². The van der Waals surface area contributed by atoms with Gasteiger partial charge in [0.25, 0.3) is 10.0 Å². The third-order valence-corrected chi connectivity index (χ3v) is 5.41. The van der Waals surface area contributed by atoms with Gasteiger partial charge in [0.1, 0.15) is 16.5 Å². The normalized spacial score (nSPS) is 14.2. The molecule has 0 fully saturated rings. The van der Waals surface area contributed by atoms with Gasteiger partial charge in [0.2, 0.25) is 0 Å². The second-order valence-corrected chi connectivity index (χ2v) is 7.42. The first-order valence-electron chi connectivity index (χ1n) is 7.31. The quantitative estimate of drug-likeness (QED) is 0.861. The molecule has 1 aromatic carbocycles. The van der Waals surface area contributed by atoms with Crippen LogP contribution in [0.3, 0.4) is 0 Å². The number of rotatable bonds is 4. The van der Waals surface area contributed by atoms with Crippen molar-refractivity contribution < 1.29 is 17.5 Å². The van der Waals surface area contributed by atoms with Gasteiger partial charge in [-0.2, -0.15) is 0 Å². The average molecular weight is 336 g/mol. The standard InChI is InChI=1S/C16H17FN2O3S/c1-11(2)22-15-4-3-13(17)9-16(15)23(20,21)19-8-6-12-5-7-18-10-14(12)19/h3-5,7,9-11H,6,8H2,1-2H3. The van der Waals surface area contributed by atoms with Gasteiger partial charge < -0.3 is 4.74 Å². The van der Waals surface area contributed by atoms with Crippen LogP contribution in [0.4, 0.5) is 10.1 Å². The fourth-order valence-corrected chi connectivity index (χ4v) is 4.22. The Kier molecular flexibility index (Phi) is 3.97. The minimum absolute atomic E-state index is 0.152. The number of ether oxygens (including phenoxy) is 1. The summed E-state index contributed by atoms with van der Waals surface area (Å²) < 4.78 is 46.5. The maximum atomic E-state index is 13.6. The third kappa shape index (κ3) is 2.88. The number of benzene rings is 1. The molecule has 23 heavy (non-hydrogen) atoms. The Balaban J connectivity index is 2.09. The summed E-state index contributed by atoms with van der Waals surface area (Å²) in [6.07, 6.45) is 3.53. The van der Waals surface area contributed by atoms with Crippen molar-refractivity contribution in [3.05, 3.63) is 48.0 Å². The van der Waals surface area contributed by atoms with Gasteiger partial charge in [-0.15, -0.1) is 0 Å². The van der Waals surface area contributed by atoms with Gasteiger partial charge in [0, 0.05) is 12.7 Å². The lowest BCUT2D eigenvalue weighted by atomic mass is 10.2. The highest BCUT2D eigenvalue weighted by molar-refractivity contribution is 7.93. The zero-order valence-corrected chi connectivity index (χ0v) is 13.7. The van der Waals surface area contributed by atoms with Crippen molar-refractivity contribution in [2.24, 2.45) is 0 Å². The summed E-state index contributed by atoms with van der Waals surface area (Å²) in [5.41, 5.74) is 1.44. The van der Waals surface area contributed by atoms with Crippen LogP contribution in [0.1, 0.15) is 19.4 Å². The van der Waals surface area contributed by atoms with E-state index in [1.165, 1.54) is 22.6 Å². The van der Waals surface area contributed by atoms with Gasteiger partial charge in [-0.25, -0.2) is 12.8 Å². The van der Waals surface area contributed by atoms with Crippen LogP contribution in [0.5, 0.6) is 5.75 Å². The van der Waals surface area contributed by atoms with Crippen LogP contribution in [0.2, 0.25) is 0 Å². The van der Waals surface area contributed by atoms with E-state index in [4.69, 9.17) is 4.74 Å². The van der Waals surface area contributed by atoms with E-state index in [9.17, 15) is 12.8 Å². The predicted octanol–water partition coefficient (Wildman–Crippen LogP) is 2.76. The first kappa shape index (κ1) is 15.7. The number of nitrogens with zero attached hydrogens (tertiary/aromatic N) is 2. The van der Waals surface area contributed by atoms with Crippen molar-refractivity contribution in [3.8, 4) is 5.75 Å². The summed E-state index contributed by atoms with van der Waals surface area (Å²) >= 11 is 0. The Morgan fingerprint density at radius 2 is 2.09 bits per heavy atom. The fraction of sp³-hybridized carbons (Fsp3) is 0.312. The van der Waals surface area contributed by atoms with Crippen molar-refractivity contribution in [3.63, 3.8) is 0 Å². The molecule has 0 spiro atoms. The molecule has 2 heterocycles. The van der Waals surface area contributed by atoms with E-state index in [1.807, 2.05) is 0 Å². The van der Waals surface area contributed by atoms with E-state index in [-0.39, 0.29) is 16.7 Å². The molecular formula is C16H17FN2O3S. The minimum atomic E-state index is -3.92. The zero-order valence-electron chi connectivity index (χ0n) is 12.9. The SMILES string of the molecule is CC(C)Oc1ccc(F)cc1S(=O)(=O)N1CCc2ccncc21. The number of sulfonamides is 1. The molecule has 0 atom stereocenters. The molecule has 5 nitrogen and oxygen atoms in total. The van der Waals surface area contributed by atoms with E-state index in [0.29, 0.717) is 18.7 Å². The van der Waals surface area contributed by atoms with Crippen molar-refractivity contribution >= 4 is 15.7 Å². The maximum absolute atomic E-state index is 13.6. The molecule has 0 saturated carbocycles. The first-order chi connectivity index (χ1) is 10.9. The van der Waals surface area contributed by atoms with Crippen LogP contribution in [0.25, 0.3) is 0 Å². The molecule has 0 radical (unpaired) electrons. The molecule has 0 N–H and O–H groups in total. The molecule has 1 aliphatic rings. The molecule has 7 heteroatoms. The van der Waals surface area contributed by atoms with Crippen molar-refractivity contribution in [1.29, 1.82) is 0 Å². The molecule has 0 saturated heterocycles. The Morgan fingerprint density at radius 1 is 1.30 bits per heavy atom. The third-order valence-electron chi connectivity index (χ3n) is 3.58. The van der Waals surface area contributed by atoms with Crippen LogP contribution in [0.15, 0.2) is 41.6 Å². The van der Waals surface area contributed by atoms with Crippen molar-refractivity contribution in [2.45, 2.75) is 31.3 Å². The highest BCUT2D eigenvalue weighted by atomic mass is 32.2. The van der Waals surface area contributed by atoms with Gasteiger partial charge in [0.15, 0.2) is 0 Å². The van der Waals surface area contributed by atoms with E-state index in [2.05, 4.69) is 4.98 Å². The molecule has 2 aromatic rings. The van der Waals surface area contributed by atoms with Crippen LogP contribution in [-0.4, -0.2) is 26.1 Å². The maximum Gasteiger partial charge on any atom is 0.268 e. The minimum Gasteiger partial charge on any atom is -0.490 e. The molecule has 0 bridgehead atoms. The zero-order chi connectivity index (χ0) is 16.6. The van der Waals surface area contributed by atoms with E-state index >= 15 is 0 Å². The Labute approximate surface area is 134 Å². The Bertz CT molecular complexity index is 837. The van der Waals surface area contributed by atoms with Crippen LogP contribution in [0, 0.1) is 5.82 Å². The summed E-state index contributed by atoms with van der Waals surface area (Å²) in [6.45, 7) is 3.88. The smallest absolute Gasteiger partial charge is 0.268 e.